The van der Waals surface area contributed by atoms with Crippen molar-refractivity contribution in [2.24, 2.45) is 0 Å². The van der Waals surface area contributed by atoms with Crippen LogP contribution in [-0.4, -0.2) is 0 Å². The molecule has 0 spiro atoms. The van der Waals surface area contributed by atoms with Crippen LogP contribution < -0.4 is 15.9 Å². The average Bonchev–Trinajstić information content (AvgIpc) is 2.68. The Bertz CT molecular complexity index is 802. The highest BCUT2D eigenvalue weighted by Crippen LogP contribution is 2.33. The van der Waals surface area contributed by atoms with Gasteiger partial charge >= 0.3 is 0 Å². The highest BCUT2D eigenvalue weighted by Gasteiger charge is 2.18. The molecule has 3 aromatic carbocycles. The fourth-order valence-electron chi connectivity index (χ4n) is 2.78. The first-order valence-corrected chi connectivity index (χ1v) is 10.2. The Morgan fingerprint density at radius 2 is 1.28 bits per heavy atom. The molecule has 0 atom stereocenters. The molecular weight excluding hydrogens is 319 g/mol. The molecule has 3 rings (SSSR count). The first-order valence-electron chi connectivity index (χ1n) is 8.88. The molecule has 0 nitrogen and oxygen atoms in total. The predicted octanol–water partition coefficient (Wildman–Crippen LogP) is 4.99. The van der Waals surface area contributed by atoms with Gasteiger partial charge in [0.25, 0.3) is 0 Å². The molecule has 0 saturated carbocycles. The summed E-state index contributed by atoms with van der Waals surface area (Å²) in [6.45, 7) is 2.21. The quantitative estimate of drug-likeness (QED) is 0.348. The summed E-state index contributed by atoms with van der Waals surface area (Å²) in [6.07, 6.45) is 3.33. The minimum atomic E-state index is -0.594. The van der Waals surface area contributed by atoms with Crippen molar-refractivity contribution in [3.05, 3.63) is 90.5 Å². The minimum absolute atomic E-state index is 0.594. The van der Waals surface area contributed by atoms with E-state index in [1.807, 2.05) is 0 Å². The molecular formula is C24H23P. The molecule has 0 amide bonds. The molecule has 0 fully saturated rings. The monoisotopic (exact) mass is 342 g/mol. The second-order valence-electron chi connectivity index (χ2n) is 5.93. The molecule has 3 aromatic rings. The smallest absolute Gasteiger partial charge is 0.0328 e. The van der Waals surface area contributed by atoms with Gasteiger partial charge in [0, 0.05) is 17.3 Å². The van der Waals surface area contributed by atoms with Gasteiger partial charge in [-0.15, -0.1) is 0 Å². The Kier molecular flexibility index (Phi) is 6.44. The SMILES string of the molecule is CCCCC#Cc1ccccc1P(c1ccccc1)c1ccccc1. The van der Waals surface area contributed by atoms with Gasteiger partial charge < -0.3 is 0 Å². The van der Waals surface area contributed by atoms with Gasteiger partial charge in [-0.3, -0.25) is 0 Å². The van der Waals surface area contributed by atoms with Gasteiger partial charge in [0.15, 0.2) is 0 Å². The van der Waals surface area contributed by atoms with E-state index in [4.69, 9.17) is 0 Å². The number of unbranched alkanes of at least 4 members (excludes halogenated alkanes) is 2. The molecule has 0 N–H and O–H groups in total. The van der Waals surface area contributed by atoms with Crippen molar-refractivity contribution in [3.63, 3.8) is 0 Å². The van der Waals surface area contributed by atoms with Crippen molar-refractivity contribution in [3.8, 4) is 11.8 Å². The maximum atomic E-state index is 3.43. The van der Waals surface area contributed by atoms with E-state index >= 15 is 0 Å². The number of benzene rings is 3. The van der Waals surface area contributed by atoms with Gasteiger partial charge in [-0.2, -0.15) is 0 Å². The fourth-order valence-corrected chi connectivity index (χ4v) is 5.18. The molecule has 0 radical (unpaired) electrons. The van der Waals surface area contributed by atoms with Crippen LogP contribution in [0.2, 0.25) is 0 Å². The second-order valence-corrected chi connectivity index (χ2v) is 8.11. The third-order valence-electron chi connectivity index (χ3n) is 4.05. The molecule has 0 aliphatic heterocycles. The van der Waals surface area contributed by atoms with E-state index in [-0.39, 0.29) is 0 Å². The van der Waals surface area contributed by atoms with Crippen molar-refractivity contribution >= 4 is 23.8 Å². The van der Waals surface area contributed by atoms with Gasteiger partial charge in [-0.05, 0) is 31.0 Å². The molecule has 25 heavy (non-hydrogen) atoms. The molecule has 0 unspecified atom stereocenters. The number of rotatable bonds is 5. The summed E-state index contributed by atoms with van der Waals surface area (Å²) in [5.41, 5.74) is 1.16. The summed E-state index contributed by atoms with van der Waals surface area (Å²) < 4.78 is 0. The summed E-state index contributed by atoms with van der Waals surface area (Å²) in [5.74, 6) is 6.80. The minimum Gasteiger partial charge on any atom is -0.0979 e. The van der Waals surface area contributed by atoms with Crippen LogP contribution in [0.4, 0.5) is 0 Å². The van der Waals surface area contributed by atoms with E-state index in [1.165, 1.54) is 28.8 Å². The normalized spacial score (nSPS) is 10.3. The molecule has 0 aromatic heterocycles. The largest absolute Gasteiger partial charge is 0.0979 e. The summed E-state index contributed by atoms with van der Waals surface area (Å²) in [6, 6.07) is 30.3. The average molecular weight is 342 g/mol. The lowest BCUT2D eigenvalue weighted by Crippen LogP contribution is -2.22. The topological polar surface area (TPSA) is 0 Å². The van der Waals surface area contributed by atoms with E-state index < -0.39 is 7.92 Å². The van der Waals surface area contributed by atoms with Crippen molar-refractivity contribution in [1.82, 2.24) is 0 Å². The third kappa shape index (κ3) is 4.60. The van der Waals surface area contributed by atoms with Crippen molar-refractivity contribution < 1.29 is 0 Å². The third-order valence-corrected chi connectivity index (χ3v) is 6.55. The maximum Gasteiger partial charge on any atom is 0.0328 e. The lowest BCUT2D eigenvalue weighted by Gasteiger charge is -2.20. The zero-order valence-corrected chi connectivity index (χ0v) is 15.5. The van der Waals surface area contributed by atoms with E-state index in [2.05, 4.69) is 104 Å². The molecule has 0 aliphatic rings. The number of hydrogen-bond acceptors (Lipinski definition) is 0. The van der Waals surface area contributed by atoms with Gasteiger partial charge in [0.2, 0.25) is 0 Å². The van der Waals surface area contributed by atoms with Crippen molar-refractivity contribution in [2.75, 3.05) is 0 Å². The van der Waals surface area contributed by atoms with Crippen LogP contribution in [0.5, 0.6) is 0 Å². The Morgan fingerprint density at radius 3 is 1.88 bits per heavy atom. The first-order chi connectivity index (χ1) is 12.4. The fraction of sp³-hybridized carbons (Fsp3) is 0.167. The van der Waals surface area contributed by atoms with Gasteiger partial charge in [0.1, 0.15) is 0 Å². The zero-order chi connectivity index (χ0) is 17.3. The van der Waals surface area contributed by atoms with E-state index in [0.29, 0.717) is 0 Å². The second kappa shape index (κ2) is 9.22. The van der Waals surface area contributed by atoms with E-state index in [0.717, 1.165) is 12.0 Å². The van der Waals surface area contributed by atoms with E-state index in [1.54, 1.807) is 0 Å². The van der Waals surface area contributed by atoms with Crippen LogP contribution in [0.1, 0.15) is 31.7 Å². The van der Waals surface area contributed by atoms with Crippen LogP contribution in [0, 0.1) is 11.8 Å². The molecule has 0 aliphatic carbocycles. The van der Waals surface area contributed by atoms with Crippen molar-refractivity contribution in [2.45, 2.75) is 26.2 Å². The van der Waals surface area contributed by atoms with Gasteiger partial charge in [-0.25, -0.2) is 0 Å². The standard InChI is InChI=1S/C24H23P/c1-2-3-4-7-14-21-15-12-13-20-24(21)25(22-16-8-5-9-17-22)23-18-10-6-11-19-23/h5-6,8-13,15-20H,2-4H2,1H3. The lowest BCUT2D eigenvalue weighted by atomic mass is 10.2. The maximum absolute atomic E-state index is 3.43. The highest BCUT2D eigenvalue weighted by molar-refractivity contribution is 7.79. The highest BCUT2D eigenvalue weighted by atomic mass is 31.1. The van der Waals surface area contributed by atoms with Gasteiger partial charge in [-0.1, -0.05) is 104 Å². The van der Waals surface area contributed by atoms with E-state index in [9.17, 15) is 0 Å². The Hall–Kier alpha value is -2.35. The lowest BCUT2D eigenvalue weighted by molar-refractivity contribution is 0.828. The zero-order valence-electron chi connectivity index (χ0n) is 14.7. The number of hydrogen-bond donors (Lipinski definition) is 0. The van der Waals surface area contributed by atoms with Crippen LogP contribution in [0.3, 0.4) is 0 Å². The molecule has 0 bridgehead atoms. The summed E-state index contributed by atoms with van der Waals surface area (Å²) in [7, 11) is -0.594. The van der Waals surface area contributed by atoms with Crippen molar-refractivity contribution in [1.29, 1.82) is 0 Å². The summed E-state index contributed by atoms with van der Waals surface area (Å²) >= 11 is 0. The Labute approximate surface area is 152 Å². The van der Waals surface area contributed by atoms with Crippen LogP contribution in [0.15, 0.2) is 84.9 Å². The Balaban J connectivity index is 2.07. The molecule has 0 saturated heterocycles. The van der Waals surface area contributed by atoms with Crippen LogP contribution in [-0.2, 0) is 0 Å². The van der Waals surface area contributed by atoms with Gasteiger partial charge in [0.05, 0.1) is 0 Å². The first kappa shape index (κ1) is 17.5. The summed E-state index contributed by atoms with van der Waals surface area (Å²) in [5, 5.41) is 4.08. The molecule has 124 valence electrons. The molecule has 1 heteroatoms. The summed E-state index contributed by atoms with van der Waals surface area (Å²) in [4.78, 5) is 0. The van der Waals surface area contributed by atoms with Crippen LogP contribution >= 0.6 is 7.92 Å². The molecule has 0 heterocycles. The van der Waals surface area contributed by atoms with Crippen LogP contribution in [0.25, 0.3) is 0 Å². The Morgan fingerprint density at radius 1 is 0.720 bits per heavy atom. The predicted molar refractivity (Wildman–Crippen MR) is 112 cm³/mol.